The number of piperidine rings is 1. The van der Waals surface area contributed by atoms with Crippen molar-refractivity contribution in [2.45, 2.75) is 65.2 Å². The molecule has 1 saturated heterocycles. The number of nitrogens with zero attached hydrogens (tertiary/aromatic N) is 6. The Morgan fingerprint density at radius 3 is 2.58 bits per heavy atom. The molecule has 0 saturated carbocycles. The predicted octanol–water partition coefficient (Wildman–Crippen LogP) is 4.53. The molecule has 1 amide bonds. The smallest absolute Gasteiger partial charge is 0.410 e. The number of amides is 1. The first-order valence-electron chi connectivity index (χ1n) is 12.6. The summed E-state index contributed by atoms with van der Waals surface area (Å²) in [6.45, 7) is 10.4. The maximum absolute atomic E-state index is 13.3. The van der Waals surface area contributed by atoms with E-state index in [1.807, 2.05) is 46.8 Å². The van der Waals surface area contributed by atoms with Gasteiger partial charge in [-0.2, -0.15) is 5.10 Å². The first-order valence-corrected chi connectivity index (χ1v) is 12.6. The van der Waals surface area contributed by atoms with Crippen molar-refractivity contribution < 1.29 is 18.7 Å². The van der Waals surface area contributed by atoms with Crippen LogP contribution in [0, 0.1) is 5.82 Å². The van der Waals surface area contributed by atoms with Crippen LogP contribution in [0.15, 0.2) is 52.9 Å². The molecule has 0 spiro atoms. The third-order valence-corrected chi connectivity index (χ3v) is 6.17. The van der Waals surface area contributed by atoms with Gasteiger partial charge in [0.05, 0.1) is 23.6 Å². The lowest BCUT2D eigenvalue weighted by Gasteiger charge is -2.32. The Morgan fingerprint density at radius 2 is 1.95 bits per heavy atom. The molecule has 0 bridgehead atoms. The Labute approximate surface area is 221 Å². The molecular formula is C27H34FN7O3. The number of nitrogens with two attached hydrogens (primary N) is 1. The van der Waals surface area contributed by atoms with Crippen molar-refractivity contribution in [3.8, 4) is 5.88 Å². The molecule has 4 heterocycles. The second kappa shape index (κ2) is 11.2. The molecule has 202 valence electrons. The third-order valence-electron chi connectivity index (χ3n) is 6.17. The van der Waals surface area contributed by atoms with E-state index in [0.717, 1.165) is 6.20 Å². The maximum atomic E-state index is 13.3. The molecule has 10 nitrogen and oxygen atoms in total. The number of hydrogen-bond acceptors (Lipinski definition) is 8. The number of rotatable bonds is 6. The van der Waals surface area contributed by atoms with Crippen LogP contribution in [-0.2, 0) is 4.74 Å². The Bertz CT molecular complexity index is 1340. The molecule has 1 aliphatic heterocycles. The lowest BCUT2D eigenvalue weighted by Crippen LogP contribution is -2.42. The maximum Gasteiger partial charge on any atom is 0.410 e. The van der Waals surface area contributed by atoms with Gasteiger partial charge in [-0.25, -0.2) is 14.2 Å². The summed E-state index contributed by atoms with van der Waals surface area (Å²) < 4.78 is 26.8. The zero-order valence-corrected chi connectivity index (χ0v) is 22.4. The Hall–Kier alpha value is -4.02. The summed E-state index contributed by atoms with van der Waals surface area (Å²) in [5.41, 5.74) is 2.61. The summed E-state index contributed by atoms with van der Waals surface area (Å²) >= 11 is 0. The number of pyridine rings is 2. The highest BCUT2D eigenvalue weighted by Gasteiger charge is 2.27. The molecule has 1 unspecified atom stereocenters. The van der Waals surface area contributed by atoms with E-state index in [4.69, 9.17) is 20.3 Å². The number of imidazole rings is 1. The van der Waals surface area contributed by atoms with Gasteiger partial charge in [0.2, 0.25) is 5.88 Å². The molecule has 3 aromatic heterocycles. The van der Waals surface area contributed by atoms with Gasteiger partial charge in [0.25, 0.3) is 0 Å². The zero-order chi connectivity index (χ0) is 27.4. The standard InChI is InChI=1S/C27H34FN7O3/c1-17(32-21-8-11-34(12-9-21)26(36)38-27(3,4)5)25(33-29)19-14-23-30-10-13-35(23)24(15-19)37-18(2)22-7-6-20(28)16-31-22/h6-7,10,13-16,18,21H,8-9,11-12,29H2,1-5H3/b32-17?,33-25+. The SMILES string of the molecule is CC(=NC1CCN(C(=O)OC(C)(C)C)CC1)/C(=N\N)c1cc(OC(C)c2ccc(F)cn2)n2ccnc2c1. The van der Waals surface area contributed by atoms with Crippen molar-refractivity contribution in [3.05, 3.63) is 59.9 Å². The van der Waals surface area contributed by atoms with Crippen LogP contribution in [0.5, 0.6) is 5.88 Å². The summed E-state index contributed by atoms with van der Waals surface area (Å²) in [5.74, 6) is 5.93. The highest BCUT2D eigenvalue weighted by atomic mass is 19.1. The van der Waals surface area contributed by atoms with Gasteiger partial charge in [0.1, 0.15) is 28.9 Å². The van der Waals surface area contributed by atoms with Gasteiger partial charge in [0, 0.05) is 37.1 Å². The first kappa shape index (κ1) is 27.0. The van der Waals surface area contributed by atoms with Gasteiger partial charge < -0.3 is 20.2 Å². The molecule has 1 atom stereocenters. The van der Waals surface area contributed by atoms with Gasteiger partial charge in [0.15, 0.2) is 0 Å². The van der Waals surface area contributed by atoms with Gasteiger partial charge >= 0.3 is 6.09 Å². The fraction of sp³-hybridized carbons (Fsp3) is 0.444. The molecule has 11 heteroatoms. The summed E-state index contributed by atoms with van der Waals surface area (Å²) in [6, 6.07) is 6.66. The van der Waals surface area contributed by atoms with Crippen molar-refractivity contribution in [3.63, 3.8) is 0 Å². The van der Waals surface area contributed by atoms with Crippen LogP contribution in [0.3, 0.4) is 0 Å². The van der Waals surface area contributed by atoms with E-state index in [9.17, 15) is 9.18 Å². The number of aliphatic imine (C=N–C) groups is 1. The molecule has 0 aromatic carbocycles. The number of aromatic nitrogens is 3. The van der Waals surface area contributed by atoms with Gasteiger partial charge in [-0.3, -0.25) is 14.4 Å². The Morgan fingerprint density at radius 1 is 1.21 bits per heavy atom. The summed E-state index contributed by atoms with van der Waals surface area (Å²) in [4.78, 5) is 27.5. The summed E-state index contributed by atoms with van der Waals surface area (Å²) in [6.07, 6.45) is 5.30. The number of carbonyl (C=O) groups is 1. The summed E-state index contributed by atoms with van der Waals surface area (Å²) in [5, 5.41) is 4.04. The van der Waals surface area contributed by atoms with E-state index in [2.05, 4.69) is 15.1 Å². The Balaban J connectivity index is 1.51. The van der Waals surface area contributed by atoms with Crippen LogP contribution >= 0.6 is 0 Å². The van der Waals surface area contributed by atoms with Crippen LogP contribution in [0.4, 0.5) is 9.18 Å². The number of halogens is 1. The average molecular weight is 524 g/mol. The number of fused-ring (bicyclic) bond motifs is 1. The van der Waals surface area contributed by atoms with Crippen LogP contribution in [-0.4, -0.2) is 61.5 Å². The topological polar surface area (TPSA) is 120 Å². The highest BCUT2D eigenvalue weighted by molar-refractivity contribution is 6.47. The quantitative estimate of drug-likeness (QED) is 0.288. The normalized spacial score (nSPS) is 16.5. The second-order valence-corrected chi connectivity index (χ2v) is 10.3. The first-order chi connectivity index (χ1) is 18.0. The van der Waals surface area contributed by atoms with Crippen molar-refractivity contribution in [1.82, 2.24) is 19.3 Å². The van der Waals surface area contributed by atoms with Crippen molar-refractivity contribution >= 4 is 23.2 Å². The molecule has 1 fully saturated rings. The van der Waals surface area contributed by atoms with E-state index >= 15 is 0 Å². The number of ether oxygens (including phenoxy) is 2. The van der Waals surface area contributed by atoms with Crippen LogP contribution in [0.25, 0.3) is 5.65 Å². The fourth-order valence-corrected chi connectivity index (χ4v) is 4.30. The molecular weight excluding hydrogens is 489 g/mol. The number of carbonyl (C=O) groups excluding carboxylic acids is 1. The largest absolute Gasteiger partial charge is 0.469 e. The molecule has 0 radical (unpaired) electrons. The molecule has 38 heavy (non-hydrogen) atoms. The number of hydrazone groups is 1. The fourth-order valence-electron chi connectivity index (χ4n) is 4.30. The lowest BCUT2D eigenvalue weighted by molar-refractivity contribution is 0.0207. The van der Waals surface area contributed by atoms with E-state index in [1.165, 1.54) is 6.07 Å². The number of hydrogen-bond donors (Lipinski definition) is 1. The molecule has 2 N–H and O–H groups in total. The van der Waals surface area contributed by atoms with Gasteiger partial charge in [-0.15, -0.1) is 0 Å². The van der Waals surface area contributed by atoms with Crippen LogP contribution in [0.1, 0.15) is 64.8 Å². The predicted molar refractivity (Wildman–Crippen MR) is 143 cm³/mol. The average Bonchev–Trinajstić information content (AvgIpc) is 3.33. The second-order valence-electron chi connectivity index (χ2n) is 10.3. The number of likely N-dealkylation sites (tertiary alicyclic amines) is 1. The van der Waals surface area contributed by atoms with Crippen molar-refractivity contribution in [1.29, 1.82) is 0 Å². The Kier molecular flexibility index (Phi) is 7.94. The zero-order valence-electron chi connectivity index (χ0n) is 22.4. The van der Waals surface area contributed by atoms with Gasteiger partial charge in [-0.1, -0.05) is 0 Å². The minimum atomic E-state index is -0.527. The summed E-state index contributed by atoms with van der Waals surface area (Å²) in [7, 11) is 0. The molecule has 4 rings (SSSR count). The molecule has 3 aromatic rings. The molecule has 0 aliphatic carbocycles. The van der Waals surface area contributed by atoms with E-state index in [0.29, 0.717) is 60.1 Å². The monoisotopic (exact) mass is 523 g/mol. The van der Waals surface area contributed by atoms with E-state index < -0.39 is 17.5 Å². The van der Waals surface area contributed by atoms with Crippen molar-refractivity contribution in [2.24, 2.45) is 15.9 Å². The lowest BCUT2D eigenvalue weighted by atomic mass is 10.0. The highest BCUT2D eigenvalue weighted by Crippen LogP contribution is 2.25. The van der Waals surface area contributed by atoms with Crippen molar-refractivity contribution in [2.75, 3.05) is 13.1 Å². The van der Waals surface area contributed by atoms with E-state index in [1.54, 1.807) is 27.8 Å². The minimum Gasteiger partial charge on any atom is -0.469 e. The minimum absolute atomic E-state index is 0.0286. The van der Waals surface area contributed by atoms with Gasteiger partial charge in [-0.05, 0) is 65.7 Å². The van der Waals surface area contributed by atoms with Crippen LogP contribution < -0.4 is 10.6 Å². The van der Waals surface area contributed by atoms with E-state index in [-0.39, 0.29) is 12.1 Å². The molecule has 1 aliphatic rings. The third kappa shape index (κ3) is 6.45. The van der Waals surface area contributed by atoms with Crippen LogP contribution in [0.2, 0.25) is 0 Å².